The molecule has 1 fully saturated rings. The summed E-state index contributed by atoms with van der Waals surface area (Å²) in [5.41, 5.74) is 0.805. The van der Waals surface area contributed by atoms with E-state index >= 15 is 0 Å². The Morgan fingerprint density at radius 1 is 1.41 bits per heavy atom. The molecule has 10 heteroatoms. The van der Waals surface area contributed by atoms with Gasteiger partial charge in [-0.3, -0.25) is 9.58 Å². The van der Waals surface area contributed by atoms with Crippen molar-refractivity contribution >= 4 is 29.1 Å². The number of hydrogen-bond acceptors (Lipinski definition) is 8. The topological polar surface area (TPSA) is 94.4 Å². The number of hydrogen-bond donors (Lipinski definition) is 3. The third kappa shape index (κ3) is 5.29. The van der Waals surface area contributed by atoms with Crippen LogP contribution in [0.3, 0.4) is 0 Å². The molecule has 3 heterocycles. The van der Waals surface area contributed by atoms with Crippen LogP contribution < -0.4 is 10.6 Å². The van der Waals surface area contributed by atoms with Crippen LogP contribution >= 0.6 is 11.6 Å². The van der Waals surface area contributed by atoms with Gasteiger partial charge in [0.05, 0.1) is 18.1 Å². The summed E-state index contributed by atoms with van der Waals surface area (Å²) < 4.78 is 1.70. The Morgan fingerprint density at radius 2 is 2.22 bits per heavy atom. The van der Waals surface area contributed by atoms with E-state index in [2.05, 4.69) is 30.6 Å². The van der Waals surface area contributed by atoms with E-state index in [0.29, 0.717) is 29.9 Å². The van der Waals surface area contributed by atoms with Gasteiger partial charge in [0, 0.05) is 38.9 Å². The molecule has 2 atom stereocenters. The summed E-state index contributed by atoms with van der Waals surface area (Å²) in [7, 11) is 5.77. The average molecular weight is 395 g/mol. The number of anilines is 3. The fourth-order valence-electron chi connectivity index (χ4n) is 3.28. The smallest absolute Gasteiger partial charge is 0.229 e. The highest BCUT2D eigenvalue weighted by Gasteiger charge is 2.29. The third-order valence-electron chi connectivity index (χ3n) is 4.54. The first-order valence-corrected chi connectivity index (χ1v) is 9.41. The van der Waals surface area contributed by atoms with E-state index < -0.39 is 6.23 Å². The molecule has 0 spiro atoms. The van der Waals surface area contributed by atoms with Crippen LogP contribution in [0.25, 0.3) is 0 Å². The number of halogens is 1. The van der Waals surface area contributed by atoms with E-state index in [1.165, 1.54) is 0 Å². The van der Waals surface area contributed by atoms with E-state index in [-0.39, 0.29) is 6.04 Å². The third-order valence-corrected chi connectivity index (χ3v) is 4.82. The lowest BCUT2D eigenvalue weighted by molar-refractivity contribution is -0.0177. The molecule has 1 aliphatic rings. The number of aliphatic hydroxyl groups is 1. The first-order chi connectivity index (χ1) is 12.9. The van der Waals surface area contributed by atoms with Gasteiger partial charge in [0.2, 0.25) is 5.95 Å². The van der Waals surface area contributed by atoms with Crippen molar-refractivity contribution in [3.63, 3.8) is 0 Å². The Kier molecular flexibility index (Phi) is 6.48. The molecule has 0 aliphatic carbocycles. The van der Waals surface area contributed by atoms with Crippen LogP contribution in [0.1, 0.15) is 12.8 Å². The molecular weight excluding hydrogens is 368 g/mol. The number of nitrogens with one attached hydrogen (secondary N) is 2. The number of aromatic nitrogens is 4. The highest BCUT2D eigenvalue weighted by molar-refractivity contribution is 6.32. The van der Waals surface area contributed by atoms with Crippen molar-refractivity contribution in [2.24, 2.45) is 7.05 Å². The Morgan fingerprint density at radius 3 is 2.93 bits per heavy atom. The molecule has 3 N–H and O–H groups in total. The van der Waals surface area contributed by atoms with E-state index in [9.17, 15) is 5.11 Å². The first-order valence-electron chi connectivity index (χ1n) is 9.03. The van der Waals surface area contributed by atoms with Crippen LogP contribution in [0.4, 0.5) is 17.5 Å². The molecule has 1 aliphatic heterocycles. The minimum Gasteiger partial charge on any atom is -0.377 e. The molecule has 2 aromatic rings. The lowest BCUT2D eigenvalue weighted by Gasteiger charge is -2.31. The molecule has 148 valence electrons. The Hall–Kier alpha value is -1.94. The summed E-state index contributed by atoms with van der Waals surface area (Å²) in [6.07, 6.45) is 6.74. The Bertz CT molecular complexity index is 752. The van der Waals surface area contributed by atoms with Crippen molar-refractivity contribution in [1.82, 2.24) is 29.5 Å². The SMILES string of the molecule is CN(C)CC(O)N1CCCC1CNc1nc(Nc2cnn(C)c2)ncc1Cl. The number of likely N-dealkylation sites (tertiary alicyclic amines) is 1. The molecule has 27 heavy (non-hydrogen) atoms. The lowest BCUT2D eigenvalue weighted by Crippen LogP contribution is -2.46. The zero-order valence-corrected chi connectivity index (χ0v) is 16.7. The fourth-order valence-corrected chi connectivity index (χ4v) is 3.44. The quantitative estimate of drug-likeness (QED) is 0.618. The largest absolute Gasteiger partial charge is 0.377 e. The predicted molar refractivity (Wildman–Crippen MR) is 106 cm³/mol. The van der Waals surface area contributed by atoms with Crippen molar-refractivity contribution < 1.29 is 5.11 Å². The van der Waals surface area contributed by atoms with Crippen molar-refractivity contribution in [3.8, 4) is 0 Å². The zero-order valence-electron chi connectivity index (χ0n) is 15.9. The second-order valence-electron chi connectivity index (χ2n) is 7.08. The summed E-state index contributed by atoms with van der Waals surface area (Å²) >= 11 is 6.26. The maximum absolute atomic E-state index is 10.4. The standard InChI is InChI=1S/C17H27ClN8O/c1-24(2)11-15(27)26-6-4-5-13(26)8-19-16-14(18)9-20-17(23-16)22-12-7-21-25(3)10-12/h7,9-10,13,15,27H,4-6,8,11H2,1-3H3,(H2,19,20,22,23). The summed E-state index contributed by atoms with van der Waals surface area (Å²) in [4.78, 5) is 12.8. The van der Waals surface area contributed by atoms with Crippen LogP contribution in [0.15, 0.2) is 18.6 Å². The monoisotopic (exact) mass is 394 g/mol. The minimum atomic E-state index is -0.474. The Labute approximate surface area is 164 Å². The molecule has 0 radical (unpaired) electrons. The van der Waals surface area contributed by atoms with Crippen LogP contribution in [-0.2, 0) is 7.05 Å². The van der Waals surface area contributed by atoms with Crippen molar-refractivity contribution in [2.45, 2.75) is 25.1 Å². The van der Waals surface area contributed by atoms with Gasteiger partial charge in [0.1, 0.15) is 11.3 Å². The van der Waals surface area contributed by atoms with E-state index in [4.69, 9.17) is 11.6 Å². The summed E-state index contributed by atoms with van der Waals surface area (Å²) in [6.45, 7) is 2.17. The van der Waals surface area contributed by atoms with Crippen LogP contribution in [0.2, 0.25) is 5.02 Å². The molecule has 0 aromatic carbocycles. The van der Waals surface area contributed by atoms with E-state index in [1.54, 1.807) is 17.1 Å². The van der Waals surface area contributed by atoms with Gasteiger partial charge >= 0.3 is 0 Å². The molecule has 2 unspecified atom stereocenters. The van der Waals surface area contributed by atoms with Gasteiger partial charge in [0.15, 0.2) is 5.82 Å². The van der Waals surface area contributed by atoms with E-state index in [0.717, 1.165) is 25.1 Å². The normalized spacial score (nSPS) is 18.8. The summed E-state index contributed by atoms with van der Waals surface area (Å²) in [5.74, 6) is 1.03. The van der Waals surface area contributed by atoms with Crippen LogP contribution in [0.5, 0.6) is 0 Å². The summed E-state index contributed by atoms with van der Waals surface area (Å²) in [6, 6.07) is 0.237. The van der Waals surface area contributed by atoms with E-state index in [1.807, 2.05) is 32.2 Å². The molecule has 2 aromatic heterocycles. The maximum Gasteiger partial charge on any atom is 0.229 e. The lowest BCUT2D eigenvalue weighted by atomic mass is 10.2. The van der Waals surface area contributed by atoms with Crippen LogP contribution in [0, 0.1) is 0 Å². The molecule has 9 nitrogen and oxygen atoms in total. The van der Waals surface area contributed by atoms with Gasteiger partial charge in [-0.15, -0.1) is 0 Å². The van der Waals surface area contributed by atoms with Crippen molar-refractivity contribution in [2.75, 3.05) is 44.4 Å². The molecule has 0 amide bonds. The fraction of sp³-hybridized carbons (Fsp3) is 0.588. The first kappa shape index (κ1) is 19.8. The second kappa shape index (κ2) is 8.83. The highest BCUT2D eigenvalue weighted by atomic mass is 35.5. The summed E-state index contributed by atoms with van der Waals surface area (Å²) in [5, 5.41) is 21.4. The number of aliphatic hydroxyl groups excluding tert-OH is 1. The maximum atomic E-state index is 10.4. The molecule has 1 saturated heterocycles. The van der Waals surface area contributed by atoms with Gasteiger partial charge < -0.3 is 20.6 Å². The molecule has 0 bridgehead atoms. The highest BCUT2D eigenvalue weighted by Crippen LogP contribution is 2.24. The predicted octanol–water partition coefficient (Wildman–Crippen LogP) is 1.36. The molecule has 0 saturated carbocycles. The number of aryl methyl sites for hydroxylation is 1. The number of rotatable bonds is 8. The average Bonchev–Trinajstić information content (AvgIpc) is 3.23. The van der Waals surface area contributed by atoms with Crippen molar-refractivity contribution in [3.05, 3.63) is 23.6 Å². The number of nitrogens with zero attached hydrogens (tertiary/aromatic N) is 6. The van der Waals surface area contributed by atoms with Crippen molar-refractivity contribution in [1.29, 1.82) is 0 Å². The van der Waals surface area contributed by atoms with Gasteiger partial charge in [-0.1, -0.05) is 11.6 Å². The molecular formula is C17H27ClN8O. The van der Waals surface area contributed by atoms with Crippen LogP contribution in [-0.4, -0.2) is 80.7 Å². The minimum absolute atomic E-state index is 0.237. The Balaban J connectivity index is 1.62. The second-order valence-corrected chi connectivity index (χ2v) is 7.48. The van der Waals surface area contributed by atoms with Gasteiger partial charge in [-0.2, -0.15) is 10.1 Å². The van der Waals surface area contributed by atoms with Gasteiger partial charge in [-0.05, 0) is 26.9 Å². The van der Waals surface area contributed by atoms with Gasteiger partial charge in [0.25, 0.3) is 0 Å². The molecule has 3 rings (SSSR count). The number of likely N-dealkylation sites (N-methyl/N-ethyl adjacent to an activating group) is 1. The van der Waals surface area contributed by atoms with Gasteiger partial charge in [-0.25, -0.2) is 4.98 Å². The zero-order chi connectivity index (χ0) is 19.4.